The Morgan fingerprint density at radius 2 is 2.20 bits per heavy atom. The van der Waals surface area contributed by atoms with Crippen molar-refractivity contribution in [1.82, 2.24) is 0 Å². The van der Waals surface area contributed by atoms with Crippen molar-refractivity contribution in [1.29, 1.82) is 0 Å². The van der Waals surface area contributed by atoms with Crippen LogP contribution < -0.4 is 21.2 Å². The number of carbonyl (C=O) groups is 1. The van der Waals surface area contributed by atoms with Crippen LogP contribution in [-0.2, 0) is 0 Å². The fourth-order valence-corrected chi connectivity index (χ4v) is 0. The Kier molecular flexibility index (Phi) is 2.54. The quantitative estimate of drug-likeness (QED) is 0.277. The van der Waals surface area contributed by atoms with Crippen LogP contribution in [0.25, 0.3) is 0 Å². The van der Waals surface area contributed by atoms with Crippen LogP contribution in [0.4, 0.5) is 4.79 Å². The zero-order valence-electron chi connectivity index (χ0n) is 2.73. The van der Waals surface area contributed by atoms with Crippen LogP contribution in [0.2, 0.25) is 0 Å². The van der Waals surface area contributed by atoms with E-state index in [1.807, 2.05) is 0 Å². The Hall–Kier alpha value is 0.200. The predicted molar refractivity (Wildman–Crippen MR) is 13.9 cm³/mol. The number of alkyl halides is 1. The van der Waals surface area contributed by atoms with Gasteiger partial charge in [0.05, 0.1) is 0 Å². The number of hydrogen-bond donors (Lipinski definition) is 1. The van der Waals surface area contributed by atoms with Gasteiger partial charge in [0.1, 0.15) is 0 Å². The normalized spacial score (nSPS) is 8.20. The van der Waals surface area contributed by atoms with E-state index in [4.69, 9.17) is 5.11 Å². The average Bonchev–Trinajstić information content (AvgIpc) is 1.38. The SMILES string of the molecule is C[I-]C(=O)O. The third-order valence-corrected chi connectivity index (χ3v) is 1.08. The zero-order valence-corrected chi connectivity index (χ0v) is 4.89. The van der Waals surface area contributed by atoms with Crippen molar-refractivity contribution in [3.8, 4) is 0 Å². The Balaban J connectivity index is 2.85. The molecule has 0 saturated carbocycles. The second kappa shape index (κ2) is 2.44. The second-order valence-electron chi connectivity index (χ2n) is 0.442. The molecule has 0 fully saturated rings. The van der Waals surface area contributed by atoms with Crippen LogP contribution in [-0.4, -0.2) is 14.0 Å². The summed E-state index contributed by atoms with van der Waals surface area (Å²) in [6, 6.07) is 0. The first kappa shape index (κ1) is 5.20. The van der Waals surface area contributed by atoms with Gasteiger partial charge >= 0.3 is 40.0 Å². The Labute approximate surface area is 40.4 Å². The summed E-state index contributed by atoms with van der Waals surface area (Å²) in [6.45, 7) is 0. The number of carboxylic acid groups (broad SMARTS) is 1. The van der Waals surface area contributed by atoms with E-state index < -0.39 is 25.2 Å². The van der Waals surface area contributed by atoms with Crippen molar-refractivity contribution in [2.45, 2.75) is 0 Å². The standard InChI is InChI=1S/C2H4IO2/c1-3-2(4)5/h1H3,(H,4,5)/q-1. The van der Waals surface area contributed by atoms with E-state index in [1.54, 1.807) is 4.93 Å². The molecule has 2 nitrogen and oxygen atoms in total. The molecule has 0 heterocycles. The molecule has 0 radical (unpaired) electrons. The summed E-state index contributed by atoms with van der Waals surface area (Å²) in [5.74, 6) is 0. The summed E-state index contributed by atoms with van der Waals surface area (Å²) < 4.78 is -0.635. The summed E-state index contributed by atoms with van der Waals surface area (Å²) in [4.78, 5) is 11.1. The first-order chi connectivity index (χ1) is 2.27. The Morgan fingerprint density at radius 1 is 2.00 bits per heavy atom. The van der Waals surface area contributed by atoms with Gasteiger partial charge in [0, 0.05) is 0 Å². The van der Waals surface area contributed by atoms with E-state index in [2.05, 4.69) is 0 Å². The van der Waals surface area contributed by atoms with Gasteiger partial charge in [-0.15, -0.1) is 0 Å². The minimum absolute atomic E-state index is 0.536. The van der Waals surface area contributed by atoms with Crippen LogP contribution in [0.1, 0.15) is 0 Å². The maximum atomic E-state index is 9.42. The van der Waals surface area contributed by atoms with Crippen molar-refractivity contribution in [3.63, 3.8) is 0 Å². The van der Waals surface area contributed by atoms with E-state index >= 15 is 0 Å². The van der Waals surface area contributed by atoms with Gasteiger partial charge in [0.15, 0.2) is 0 Å². The molecule has 0 unspecified atom stereocenters. The number of hydrogen-bond acceptors (Lipinski definition) is 1. The molecule has 0 saturated heterocycles. The van der Waals surface area contributed by atoms with E-state index in [0.717, 1.165) is 0 Å². The molecule has 0 aromatic heterocycles. The third-order valence-electron chi connectivity index (χ3n) is 0.162. The zero-order chi connectivity index (χ0) is 4.28. The molecule has 0 aromatic rings. The van der Waals surface area contributed by atoms with E-state index in [0.29, 0.717) is 0 Å². The van der Waals surface area contributed by atoms with Gasteiger partial charge in [-0.3, -0.25) is 0 Å². The van der Waals surface area contributed by atoms with E-state index in [-0.39, 0.29) is 0 Å². The summed E-state index contributed by atoms with van der Waals surface area (Å²) in [5.41, 5.74) is 0. The average molecular weight is 187 g/mol. The molecule has 0 aliphatic carbocycles. The molecule has 3 heteroatoms. The summed E-state index contributed by atoms with van der Waals surface area (Å²) >= 11 is -0.536. The molecule has 0 atom stereocenters. The van der Waals surface area contributed by atoms with Crippen LogP contribution in [0.15, 0.2) is 0 Å². The third kappa shape index (κ3) is 4.20. The minimum atomic E-state index is -0.635. The molecular formula is C2H4IO2-. The monoisotopic (exact) mass is 187 g/mol. The van der Waals surface area contributed by atoms with Crippen molar-refractivity contribution >= 4 is 3.98 Å². The molecule has 0 rings (SSSR count). The van der Waals surface area contributed by atoms with Crippen molar-refractivity contribution in [2.24, 2.45) is 0 Å². The molecule has 0 aromatic carbocycles. The van der Waals surface area contributed by atoms with Gasteiger partial charge in [-0.1, -0.05) is 0 Å². The fourth-order valence-electron chi connectivity index (χ4n) is 0. The number of halogens is 1. The van der Waals surface area contributed by atoms with E-state index in [1.165, 1.54) is 0 Å². The molecule has 0 aliphatic heterocycles. The van der Waals surface area contributed by atoms with E-state index in [9.17, 15) is 4.79 Å². The van der Waals surface area contributed by atoms with Crippen molar-refractivity contribution in [2.75, 3.05) is 4.93 Å². The van der Waals surface area contributed by atoms with Gasteiger partial charge in [0.25, 0.3) is 0 Å². The molecular weight excluding hydrogens is 183 g/mol. The van der Waals surface area contributed by atoms with Gasteiger partial charge in [-0.2, -0.15) is 0 Å². The molecule has 0 aliphatic rings. The summed E-state index contributed by atoms with van der Waals surface area (Å²) in [6.07, 6.45) is 0. The second-order valence-corrected chi connectivity index (χ2v) is 2.44. The molecule has 0 bridgehead atoms. The van der Waals surface area contributed by atoms with Gasteiger partial charge in [-0.25, -0.2) is 0 Å². The summed E-state index contributed by atoms with van der Waals surface area (Å²) in [5, 5.41) is 7.77. The van der Waals surface area contributed by atoms with Crippen LogP contribution >= 0.6 is 0 Å². The van der Waals surface area contributed by atoms with Crippen molar-refractivity contribution in [3.05, 3.63) is 0 Å². The van der Waals surface area contributed by atoms with Crippen LogP contribution in [0.5, 0.6) is 0 Å². The fraction of sp³-hybridized carbons (Fsp3) is 0.500. The molecule has 0 amide bonds. The van der Waals surface area contributed by atoms with Gasteiger partial charge in [0.2, 0.25) is 0 Å². The Bertz CT molecular complexity index is 42.9. The first-order valence-electron chi connectivity index (χ1n) is 0.995. The molecule has 32 valence electrons. The summed E-state index contributed by atoms with van der Waals surface area (Å²) in [7, 11) is 0. The molecule has 0 spiro atoms. The first-order valence-corrected chi connectivity index (χ1v) is 4.23. The van der Waals surface area contributed by atoms with Crippen molar-refractivity contribution < 1.29 is 31.1 Å². The van der Waals surface area contributed by atoms with Crippen LogP contribution in [0, 0.1) is 0 Å². The topological polar surface area (TPSA) is 37.3 Å². The predicted octanol–water partition coefficient (Wildman–Crippen LogP) is -2.62. The molecule has 1 N–H and O–H groups in total. The Morgan fingerprint density at radius 3 is 2.20 bits per heavy atom. The molecule has 5 heavy (non-hydrogen) atoms. The van der Waals surface area contributed by atoms with Gasteiger partial charge < -0.3 is 0 Å². The van der Waals surface area contributed by atoms with Gasteiger partial charge in [-0.05, 0) is 0 Å². The number of rotatable bonds is 1. The van der Waals surface area contributed by atoms with Crippen LogP contribution in [0.3, 0.4) is 0 Å². The maximum absolute atomic E-state index is 9.42.